The van der Waals surface area contributed by atoms with Crippen molar-refractivity contribution in [3.8, 4) is 12.0 Å². The van der Waals surface area contributed by atoms with Crippen molar-refractivity contribution < 1.29 is 14.8 Å². The highest BCUT2D eigenvalue weighted by Crippen LogP contribution is 1.59. The number of nitrogens with zero attached hydrogens (tertiary/aromatic N) is 1. The van der Waals surface area contributed by atoms with Crippen LogP contribution in [0.5, 0.6) is 0 Å². The molecule has 1 N–H and O–H groups in total. The Balaban J connectivity index is 3.87. The van der Waals surface area contributed by atoms with Crippen LogP contribution in [0.3, 0.4) is 0 Å². The van der Waals surface area contributed by atoms with Gasteiger partial charge in [-0.3, -0.25) is 0 Å². The molecule has 0 atom stereocenters. The van der Waals surface area contributed by atoms with E-state index < -0.39 is 10.9 Å². The lowest BCUT2D eigenvalue weighted by Gasteiger charge is -1.66. The smallest absolute Gasteiger partial charge is 0.388 e. The second kappa shape index (κ2) is 2.58. The van der Waals surface area contributed by atoms with E-state index in [1.807, 2.05) is 0 Å². The van der Waals surface area contributed by atoms with Crippen molar-refractivity contribution in [2.24, 2.45) is 0 Å². The van der Waals surface area contributed by atoms with E-state index in [-0.39, 0.29) is 0 Å². The molecule has 8 heavy (non-hydrogen) atoms. The standard InChI is InChI=1S/C3HNO4/c5-3(6)1-2-4(7)8/h(H,5,6). The number of hydrogen-bond donors (Lipinski definition) is 1. The van der Waals surface area contributed by atoms with Crippen molar-refractivity contribution in [2.75, 3.05) is 0 Å². The van der Waals surface area contributed by atoms with Gasteiger partial charge in [-0.1, -0.05) is 0 Å². The van der Waals surface area contributed by atoms with Crippen LogP contribution in [0.15, 0.2) is 0 Å². The predicted molar refractivity (Wildman–Crippen MR) is 22.4 cm³/mol. The third kappa shape index (κ3) is 4.43. The molecule has 5 nitrogen and oxygen atoms in total. The SMILES string of the molecule is O=C(O)C#C[N+](=O)[O-]. The lowest BCUT2D eigenvalue weighted by atomic mass is 10.7. The summed E-state index contributed by atoms with van der Waals surface area (Å²) in [6, 6.07) is 1.22. The zero-order valence-corrected chi connectivity index (χ0v) is 3.62. The summed E-state index contributed by atoms with van der Waals surface area (Å²) >= 11 is 0. The minimum Gasteiger partial charge on any atom is -0.471 e. The number of nitro groups is 1. The van der Waals surface area contributed by atoms with Gasteiger partial charge in [0.25, 0.3) is 0 Å². The van der Waals surface area contributed by atoms with Crippen molar-refractivity contribution in [1.82, 2.24) is 0 Å². The third-order valence-electron chi connectivity index (χ3n) is 0.254. The topological polar surface area (TPSA) is 80.4 Å². The van der Waals surface area contributed by atoms with E-state index in [4.69, 9.17) is 5.11 Å². The summed E-state index contributed by atoms with van der Waals surface area (Å²) in [5, 5.41) is 17.0. The Morgan fingerprint density at radius 2 is 2.25 bits per heavy atom. The maximum Gasteiger partial charge on any atom is 0.388 e. The quantitative estimate of drug-likeness (QED) is 0.196. The molecule has 0 aromatic carbocycles. The molecule has 0 unspecified atom stereocenters. The van der Waals surface area contributed by atoms with Crippen molar-refractivity contribution in [1.29, 1.82) is 0 Å². The van der Waals surface area contributed by atoms with E-state index in [9.17, 15) is 14.9 Å². The van der Waals surface area contributed by atoms with Gasteiger partial charge in [-0.05, 0) is 0 Å². The molecule has 0 bridgehead atoms. The zero-order valence-electron chi connectivity index (χ0n) is 3.62. The number of carboxylic acids is 1. The summed E-state index contributed by atoms with van der Waals surface area (Å²) in [4.78, 5) is 17.7. The van der Waals surface area contributed by atoms with Crippen LogP contribution in [-0.4, -0.2) is 16.0 Å². The van der Waals surface area contributed by atoms with E-state index in [2.05, 4.69) is 0 Å². The molecule has 0 spiro atoms. The predicted octanol–water partition coefficient (Wildman–Crippen LogP) is -0.691. The molecule has 0 aromatic rings. The van der Waals surface area contributed by atoms with Gasteiger partial charge in [0.2, 0.25) is 0 Å². The van der Waals surface area contributed by atoms with Crippen LogP contribution < -0.4 is 0 Å². The molecule has 0 saturated heterocycles. The molecule has 0 rings (SSSR count). The first-order valence-corrected chi connectivity index (χ1v) is 1.52. The highest BCUT2D eigenvalue weighted by Gasteiger charge is 1.87. The first-order chi connectivity index (χ1) is 3.63. The van der Waals surface area contributed by atoms with Gasteiger partial charge in [0.1, 0.15) is 4.92 Å². The van der Waals surface area contributed by atoms with Crippen LogP contribution in [-0.2, 0) is 4.79 Å². The van der Waals surface area contributed by atoms with Gasteiger partial charge in [0, 0.05) is 0 Å². The average molecular weight is 115 g/mol. The summed E-state index contributed by atoms with van der Waals surface area (Å²) in [5.74, 6) is -0.186. The van der Waals surface area contributed by atoms with Crippen LogP contribution in [0.1, 0.15) is 0 Å². The largest absolute Gasteiger partial charge is 0.471 e. The maximum absolute atomic E-state index is 9.43. The van der Waals surface area contributed by atoms with Gasteiger partial charge in [0.05, 0.1) is 5.92 Å². The highest BCUT2D eigenvalue weighted by molar-refractivity contribution is 5.85. The van der Waals surface area contributed by atoms with Gasteiger partial charge in [0.15, 0.2) is 0 Å². The lowest BCUT2D eigenvalue weighted by molar-refractivity contribution is -0.379. The van der Waals surface area contributed by atoms with Crippen LogP contribution in [0.4, 0.5) is 0 Å². The van der Waals surface area contributed by atoms with Crippen LogP contribution in [0.2, 0.25) is 0 Å². The van der Waals surface area contributed by atoms with Gasteiger partial charge in [-0.15, -0.1) is 0 Å². The Hall–Kier alpha value is -1.57. The summed E-state index contributed by atoms with van der Waals surface area (Å²) < 4.78 is 0. The molecule has 0 aromatic heterocycles. The zero-order chi connectivity index (χ0) is 6.57. The second-order valence-electron chi connectivity index (χ2n) is 0.799. The first kappa shape index (κ1) is 6.43. The molecule has 42 valence electrons. The first-order valence-electron chi connectivity index (χ1n) is 1.52. The number of hydrogen-bond acceptors (Lipinski definition) is 3. The van der Waals surface area contributed by atoms with Crippen molar-refractivity contribution in [2.45, 2.75) is 0 Å². The minimum atomic E-state index is -1.50. The summed E-state index contributed by atoms with van der Waals surface area (Å²) in [6.45, 7) is 0. The lowest BCUT2D eigenvalue weighted by Crippen LogP contribution is -1.90. The molecular weight excluding hydrogens is 114 g/mol. The van der Waals surface area contributed by atoms with Gasteiger partial charge in [-0.25, -0.2) is 14.9 Å². The Morgan fingerprint density at radius 3 is 2.38 bits per heavy atom. The summed E-state index contributed by atoms with van der Waals surface area (Å²) in [5.41, 5.74) is 0. The van der Waals surface area contributed by atoms with E-state index in [1.165, 1.54) is 12.0 Å². The Labute approximate surface area is 44.1 Å². The molecule has 0 saturated carbocycles. The number of carbonyl (C=O) groups is 1. The molecule has 5 heteroatoms. The van der Waals surface area contributed by atoms with E-state index in [0.29, 0.717) is 0 Å². The van der Waals surface area contributed by atoms with Crippen LogP contribution in [0, 0.1) is 22.1 Å². The monoisotopic (exact) mass is 115 g/mol. The van der Waals surface area contributed by atoms with Crippen molar-refractivity contribution in [3.63, 3.8) is 0 Å². The maximum atomic E-state index is 9.43. The van der Waals surface area contributed by atoms with Gasteiger partial charge >= 0.3 is 12.0 Å². The molecule has 0 heterocycles. The van der Waals surface area contributed by atoms with Crippen LogP contribution >= 0.6 is 0 Å². The second-order valence-corrected chi connectivity index (χ2v) is 0.799. The Bertz CT molecular complexity index is 155. The molecule has 0 aliphatic rings. The number of carboxylic acid groups (broad SMARTS) is 1. The van der Waals surface area contributed by atoms with E-state index in [1.54, 1.807) is 0 Å². The fourth-order valence-corrected chi connectivity index (χ4v) is 0.0935. The van der Waals surface area contributed by atoms with E-state index >= 15 is 0 Å². The fourth-order valence-electron chi connectivity index (χ4n) is 0.0935. The molecule has 0 aliphatic heterocycles. The van der Waals surface area contributed by atoms with Crippen LogP contribution in [0.25, 0.3) is 0 Å². The minimum absolute atomic E-state index is 1.02. The highest BCUT2D eigenvalue weighted by atomic mass is 16.6. The Kier molecular flexibility index (Phi) is 2.07. The third-order valence-corrected chi connectivity index (χ3v) is 0.254. The molecule has 0 amide bonds. The van der Waals surface area contributed by atoms with Gasteiger partial charge < -0.3 is 5.11 Å². The molecular formula is C3HNO4. The Morgan fingerprint density at radius 1 is 1.75 bits per heavy atom. The molecule has 0 aliphatic carbocycles. The summed E-state index contributed by atoms with van der Waals surface area (Å²) in [7, 11) is 0. The van der Waals surface area contributed by atoms with E-state index in [0.717, 1.165) is 0 Å². The fraction of sp³-hybridized carbons (Fsp3) is 0. The molecule has 0 radical (unpaired) electrons. The van der Waals surface area contributed by atoms with Gasteiger partial charge in [-0.2, -0.15) is 0 Å². The normalized spacial score (nSPS) is 6.50. The number of aliphatic carboxylic acids is 1. The van der Waals surface area contributed by atoms with Crippen molar-refractivity contribution in [3.05, 3.63) is 10.1 Å². The number of rotatable bonds is 0. The average Bonchev–Trinajstić information content (AvgIpc) is 1.61. The summed E-state index contributed by atoms with van der Waals surface area (Å²) in [6.07, 6.45) is 0. The van der Waals surface area contributed by atoms with Crippen molar-refractivity contribution >= 4 is 5.97 Å². The molecule has 0 fully saturated rings.